The van der Waals surface area contributed by atoms with Crippen LogP contribution < -0.4 is 5.73 Å². The van der Waals surface area contributed by atoms with E-state index in [-0.39, 0.29) is 0 Å². The lowest BCUT2D eigenvalue weighted by atomic mass is 9.99. The summed E-state index contributed by atoms with van der Waals surface area (Å²) in [4.78, 5) is 4.43. The van der Waals surface area contributed by atoms with Crippen LogP contribution in [0.1, 0.15) is 16.7 Å². The fourth-order valence-electron chi connectivity index (χ4n) is 1.93. The van der Waals surface area contributed by atoms with E-state index in [1.807, 2.05) is 18.3 Å². The van der Waals surface area contributed by atoms with E-state index in [0.29, 0.717) is 6.54 Å². The smallest absolute Gasteiger partial charge is 0.0749 e. The third-order valence-electron chi connectivity index (χ3n) is 2.75. The average Bonchev–Trinajstić information content (AvgIpc) is 2.29. The maximum Gasteiger partial charge on any atom is 0.0749 e. The Bertz CT molecular complexity index is 504. The Morgan fingerprint density at radius 3 is 2.69 bits per heavy atom. The van der Waals surface area contributed by atoms with Crippen LogP contribution in [0.5, 0.6) is 0 Å². The monoisotopic (exact) mass is 212 g/mol. The minimum absolute atomic E-state index is 0.524. The molecule has 0 saturated heterocycles. The molecule has 82 valence electrons. The molecule has 2 N–H and O–H groups in total. The molecule has 2 heteroatoms. The molecular weight excluding hydrogens is 196 g/mol. The molecule has 1 aromatic carbocycles. The van der Waals surface area contributed by atoms with Crippen molar-refractivity contribution in [1.82, 2.24) is 4.98 Å². The molecule has 1 heterocycles. The maximum atomic E-state index is 5.73. The van der Waals surface area contributed by atoms with Gasteiger partial charge in [0.15, 0.2) is 0 Å². The lowest BCUT2D eigenvalue weighted by Gasteiger charge is -2.10. The normalized spacial score (nSPS) is 10.4. The van der Waals surface area contributed by atoms with Gasteiger partial charge >= 0.3 is 0 Å². The van der Waals surface area contributed by atoms with Crippen LogP contribution >= 0.6 is 0 Å². The quantitative estimate of drug-likeness (QED) is 0.831. The Kier molecular flexibility index (Phi) is 3.02. The van der Waals surface area contributed by atoms with Gasteiger partial charge in [-0.3, -0.25) is 4.98 Å². The summed E-state index contributed by atoms with van der Waals surface area (Å²) >= 11 is 0. The van der Waals surface area contributed by atoms with Gasteiger partial charge < -0.3 is 5.73 Å². The zero-order chi connectivity index (χ0) is 11.5. The van der Waals surface area contributed by atoms with Gasteiger partial charge in [0.1, 0.15) is 0 Å². The summed E-state index contributed by atoms with van der Waals surface area (Å²) in [5.74, 6) is 0. The number of pyridine rings is 1. The molecule has 0 amide bonds. The van der Waals surface area contributed by atoms with E-state index in [1.165, 1.54) is 16.7 Å². The lowest BCUT2D eigenvalue weighted by Crippen LogP contribution is -2.01. The van der Waals surface area contributed by atoms with E-state index in [9.17, 15) is 0 Å². The standard InChI is InChI=1S/C14H16N2/c1-10-5-6-13(11(2)8-10)14-12(9-15)4-3-7-16-14/h3-8H,9,15H2,1-2H3. The van der Waals surface area contributed by atoms with E-state index in [0.717, 1.165) is 11.3 Å². The van der Waals surface area contributed by atoms with Crippen molar-refractivity contribution in [3.63, 3.8) is 0 Å². The van der Waals surface area contributed by atoms with Crippen LogP contribution in [0.4, 0.5) is 0 Å². The summed E-state index contributed by atoms with van der Waals surface area (Å²) in [7, 11) is 0. The first kappa shape index (κ1) is 10.8. The van der Waals surface area contributed by atoms with Crippen LogP contribution in [0.2, 0.25) is 0 Å². The van der Waals surface area contributed by atoms with E-state index >= 15 is 0 Å². The predicted molar refractivity (Wildman–Crippen MR) is 67.0 cm³/mol. The second-order valence-corrected chi connectivity index (χ2v) is 4.03. The Morgan fingerprint density at radius 2 is 2.00 bits per heavy atom. The third-order valence-corrected chi connectivity index (χ3v) is 2.75. The molecule has 0 spiro atoms. The van der Waals surface area contributed by atoms with Crippen molar-refractivity contribution in [2.45, 2.75) is 20.4 Å². The molecular formula is C14H16N2. The predicted octanol–water partition coefficient (Wildman–Crippen LogP) is 2.82. The fraction of sp³-hybridized carbons (Fsp3) is 0.214. The second-order valence-electron chi connectivity index (χ2n) is 4.03. The van der Waals surface area contributed by atoms with Crippen LogP contribution in [0.25, 0.3) is 11.3 Å². The fourth-order valence-corrected chi connectivity index (χ4v) is 1.93. The molecule has 2 aromatic rings. The van der Waals surface area contributed by atoms with E-state index in [1.54, 1.807) is 0 Å². The summed E-state index contributed by atoms with van der Waals surface area (Å²) in [6, 6.07) is 10.4. The van der Waals surface area contributed by atoms with Crippen molar-refractivity contribution in [1.29, 1.82) is 0 Å². The van der Waals surface area contributed by atoms with Crippen LogP contribution in [0, 0.1) is 13.8 Å². The molecule has 1 aromatic heterocycles. The van der Waals surface area contributed by atoms with Crippen molar-refractivity contribution in [2.75, 3.05) is 0 Å². The molecule has 0 aliphatic heterocycles. The summed E-state index contributed by atoms with van der Waals surface area (Å²) in [6.07, 6.45) is 1.81. The molecule has 0 fully saturated rings. The summed E-state index contributed by atoms with van der Waals surface area (Å²) in [6.45, 7) is 4.73. The Morgan fingerprint density at radius 1 is 1.19 bits per heavy atom. The van der Waals surface area contributed by atoms with Crippen molar-refractivity contribution in [2.24, 2.45) is 5.73 Å². The second kappa shape index (κ2) is 4.45. The Balaban J connectivity index is 2.58. The lowest BCUT2D eigenvalue weighted by molar-refractivity contribution is 1.05. The Labute approximate surface area is 96.1 Å². The van der Waals surface area contributed by atoms with Crippen LogP contribution in [0.3, 0.4) is 0 Å². The largest absolute Gasteiger partial charge is 0.326 e. The van der Waals surface area contributed by atoms with Crippen LogP contribution in [-0.2, 0) is 6.54 Å². The van der Waals surface area contributed by atoms with Crippen molar-refractivity contribution in [3.05, 3.63) is 53.2 Å². The van der Waals surface area contributed by atoms with E-state index in [2.05, 4.69) is 37.0 Å². The minimum atomic E-state index is 0.524. The van der Waals surface area contributed by atoms with Gasteiger partial charge in [-0.15, -0.1) is 0 Å². The van der Waals surface area contributed by atoms with Crippen molar-refractivity contribution in [3.8, 4) is 11.3 Å². The first-order valence-electron chi connectivity index (χ1n) is 5.44. The topological polar surface area (TPSA) is 38.9 Å². The molecule has 0 aliphatic rings. The van der Waals surface area contributed by atoms with E-state index < -0.39 is 0 Å². The molecule has 0 saturated carbocycles. The molecule has 0 atom stereocenters. The van der Waals surface area contributed by atoms with Gasteiger partial charge in [-0.2, -0.15) is 0 Å². The molecule has 2 rings (SSSR count). The first-order chi connectivity index (χ1) is 7.72. The molecule has 0 aliphatic carbocycles. The molecule has 0 bridgehead atoms. The highest BCUT2D eigenvalue weighted by atomic mass is 14.7. The zero-order valence-corrected chi connectivity index (χ0v) is 9.70. The molecule has 16 heavy (non-hydrogen) atoms. The molecule has 2 nitrogen and oxygen atoms in total. The first-order valence-corrected chi connectivity index (χ1v) is 5.44. The molecule has 0 radical (unpaired) electrons. The van der Waals surface area contributed by atoms with Gasteiger partial charge in [0, 0.05) is 18.3 Å². The summed E-state index contributed by atoms with van der Waals surface area (Å²) in [5, 5.41) is 0. The number of aromatic nitrogens is 1. The van der Waals surface area contributed by atoms with Gasteiger partial charge in [-0.25, -0.2) is 0 Å². The van der Waals surface area contributed by atoms with Crippen molar-refractivity contribution < 1.29 is 0 Å². The highest BCUT2D eigenvalue weighted by Gasteiger charge is 2.07. The van der Waals surface area contributed by atoms with Crippen molar-refractivity contribution >= 4 is 0 Å². The van der Waals surface area contributed by atoms with Gasteiger partial charge in [0.05, 0.1) is 5.69 Å². The van der Waals surface area contributed by atoms with Crippen LogP contribution in [0.15, 0.2) is 36.5 Å². The number of hydrogen-bond donors (Lipinski definition) is 1. The summed E-state index contributed by atoms with van der Waals surface area (Å²) in [5.41, 5.74) is 11.5. The number of aryl methyl sites for hydroxylation is 2. The zero-order valence-electron chi connectivity index (χ0n) is 9.70. The highest BCUT2D eigenvalue weighted by molar-refractivity contribution is 5.67. The third kappa shape index (κ3) is 1.97. The number of nitrogens with zero attached hydrogens (tertiary/aromatic N) is 1. The van der Waals surface area contributed by atoms with E-state index in [4.69, 9.17) is 5.73 Å². The number of rotatable bonds is 2. The number of hydrogen-bond acceptors (Lipinski definition) is 2. The average molecular weight is 212 g/mol. The van der Waals surface area contributed by atoms with Gasteiger partial charge in [-0.1, -0.05) is 29.8 Å². The number of benzene rings is 1. The summed E-state index contributed by atoms with van der Waals surface area (Å²) < 4.78 is 0. The number of nitrogens with two attached hydrogens (primary N) is 1. The maximum absolute atomic E-state index is 5.73. The van der Waals surface area contributed by atoms with Gasteiger partial charge in [0.2, 0.25) is 0 Å². The highest BCUT2D eigenvalue weighted by Crippen LogP contribution is 2.25. The van der Waals surface area contributed by atoms with Crippen LogP contribution in [-0.4, -0.2) is 4.98 Å². The minimum Gasteiger partial charge on any atom is -0.326 e. The SMILES string of the molecule is Cc1ccc(-c2ncccc2CN)c(C)c1. The Hall–Kier alpha value is -1.67. The van der Waals surface area contributed by atoms with Gasteiger partial charge in [0.25, 0.3) is 0 Å². The van der Waals surface area contributed by atoms with Gasteiger partial charge in [-0.05, 0) is 31.0 Å². The molecule has 0 unspecified atom stereocenters.